The minimum Gasteiger partial charge on any atom is -0.465 e. The Morgan fingerprint density at radius 2 is 1.84 bits per heavy atom. The first kappa shape index (κ1) is 16.5. The van der Waals surface area contributed by atoms with E-state index in [0.29, 0.717) is 16.0 Å². The van der Waals surface area contributed by atoms with Gasteiger partial charge in [-0.25, -0.2) is 18.9 Å². The van der Waals surface area contributed by atoms with Crippen LogP contribution in [-0.4, -0.2) is 28.2 Å². The van der Waals surface area contributed by atoms with Crippen molar-refractivity contribution in [2.24, 2.45) is 0 Å². The summed E-state index contributed by atoms with van der Waals surface area (Å²) in [5.41, 5.74) is 1.74. The van der Waals surface area contributed by atoms with Crippen molar-refractivity contribution in [3.8, 4) is 6.07 Å². The molecule has 0 saturated carbocycles. The summed E-state index contributed by atoms with van der Waals surface area (Å²) in [4.78, 5) is 24.1. The average molecular weight is 340 g/mol. The molecule has 0 radical (unpaired) electrons. The van der Waals surface area contributed by atoms with Crippen LogP contribution in [0.4, 0.5) is 14.0 Å². The van der Waals surface area contributed by atoms with Crippen molar-refractivity contribution in [3.05, 3.63) is 71.0 Å². The fraction of sp³-hybridized carbons (Fsp3) is 0.167. The molecule has 0 aromatic heterocycles. The lowest BCUT2D eigenvalue weighted by Gasteiger charge is -2.21. The smallest absolute Gasteiger partial charge is 0.420 e. The molecule has 2 atom stereocenters. The predicted molar refractivity (Wildman–Crippen MR) is 84.1 cm³/mol. The Morgan fingerprint density at radius 1 is 1.20 bits per heavy atom. The molecule has 0 bridgehead atoms. The van der Waals surface area contributed by atoms with Gasteiger partial charge in [-0.05, 0) is 41.8 Å². The van der Waals surface area contributed by atoms with E-state index in [-0.39, 0.29) is 6.42 Å². The average Bonchev–Trinajstić information content (AvgIpc) is 2.92. The summed E-state index contributed by atoms with van der Waals surface area (Å²) in [5.74, 6) is -0.438. The second kappa shape index (κ2) is 6.61. The molecule has 1 fully saturated rings. The third-order valence-corrected chi connectivity index (χ3v) is 4.04. The highest BCUT2D eigenvalue weighted by atomic mass is 19.1. The largest absolute Gasteiger partial charge is 0.465 e. The number of halogens is 1. The number of benzene rings is 2. The first-order chi connectivity index (χ1) is 12.0. The zero-order valence-electron chi connectivity index (χ0n) is 12.9. The summed E-state index contributed by atoms with van der Waals surface area (Å²) in [6, 6.07) is 13.2. The van der Waals surface area contributed by atoms with Crippen LogP contribution in [0.5, 0.6) is 0 Å². The van der Waals surface area contributed by atoms with Gasteiger partial charge in [-0.1, -0.05) is 24.3 Å². The minimum atomic E-state index is -1.41. The van der Waals surface area contributed by atoms with Gasteiger partial charge < -0.3 is 9.84 Å². The quantitative estimate of drug-likeness (QED) is 0.924. The third kappa shape index (κ3) is 3.28. The molecule has 1 aliphatic heterocycles. The zero-order chi connectivity index (χ0) is 18.0. The highest BCUT2D eigenvalue weighted by Crippen LogP contribution is 2.34. The van der Waals surface area contributed by atoms with Gasteiger partial charge in [0.25, 0.3) is 0 Å². The van der Waals surface area contributed by atoms with Crippen LogP contribution in [-0.2, 0) is 11.2 Å². The zero-order valence-corrected chi connectivity index (χ0v) is 12.9. The number of cyclic esters (lactones) is 1. The van der Waals surface area contributed by atoms with Crippen LogP contribution < -0.4 is 0 Å². The van der Waals surface area contributed by atoms with Crippen LogP contribution in [0, 0.1) is 17.1 Å². The lowest BCUT2D eigenvalue weighted by Crippen LogP contribution is -2.39. The fourth-order valence-electron chi connectivity index (χ4n) is 2.83. The number of ether oxygens (including phenoxy) is 1. The number of nitriles is 1. The Morgan fingerprint density at radius 3 is 2.40 bits per heavy atom. The Bertz CT molecular complexity index is 843. The number of carboxylic acid groups (broad SMARTS) is 1. The standard InChI is InChI=1S/C18H13FN2O4/c19-14-7-5-13(6-8-14)16-15(21(17(22)23)18(24)25-16)9-11-1-3-12(10-20)4-2-11/h1-8,15-16H,9H2,(H,22,23). The molecule has 1 N–H and O–H groups in total. The molecule has 2 unspecified atom stereocenters. The van der Waals surface area contributed by atoms with Crippen molar-refractivity contribution in [1.29, 1.82) is 5.26 Å². The number of imide groups is 1. The fourth-order valence-corrected chi connectivity index (χ4v) is 2.83. The van der Waals surface area contributed by atoms with Crippen LogP contribution in [0.3, 0.4) is 0 Å². The van der Waals surface area contributed by atoms with Gasteiger partial charge >= 0.3 is 12.2 Å². The van der Waals surface area contributed by atoms with Gasteiger partial charge in [0, 0.05) is 0 Å². The first-order valence-electron chi connectivity index (χ1n) is 7.47. The molecule has 1 heterocycles. The van der Waals surface area contributed by atoms with E-state index in [2.05, 4.69) is 0 Å². The molecule has 6 nitrogen and oxygen atoms in total. The van der Waals surface area contributed by atoms with Crippen LogP contribution in [0.1, 0.15) is 22.8 Å². The van der Waals surface area contributed by atoms with Crippen LogP contribution in [0.25, 0.3) is 0 Å². The Balaban J connectivity index is 1.93. The van der Waals surface area contributed by atoms with Gasteiger partial charge in [0.1, 0.15) is 5.82 Å². The molecule has 126 valence electrons. The summed E-state index contributed by atoms with van der Waals surface area (Å²) in [7, 11) is 0. The molecular formula is C18H13FN2O4. The molecule has 7 heteroatoms. The van der Waals surface area contributed by atoms with Crippen molar-refractivity contribution >= 4 is 12.2 Å². The van der Waals surface area contributed by atoms with E-state index in [4.69, 9.17) is 10.00 Å². The summed E-state index contributed by atoms with van der Waals surface area (Å²) < 4.78 is 18.4. The summed E-state index contributed by atoms with van der Waals surface area (Å²) >= 11 is 0. The van der Waals surface area contributed by atoms with Crippen molar-refractivity contribution in [2.45, 2.75) is 18.6 Å². The maximum Gasteiger partial charge on any atom is 0.420 e. The van der Waals surface area contributed by atoms with Crippen molar-refractivity contribution in [1.82, 2.24) is 4.90 Å². The molecule has 0 aliphatic carbocycles. The van der Waals surface area contributed by atoms with Gasteiger partial charge in [0.05, 0.1) is 17.7 Å². The van der Waals surface area contributed by atoms with Gasteiger partial charge in [0.2, 0.25) is 0 Å². The van der Waals surface area contributed by atoms with E-state index < -0.39 is 30.1 Å². The lowest BCUT2D eigenvalue weighted by molar-refractivity contribution is 0.127. The van der Waals surface area contributed by atoms with E-state index >= 15 is 0 Å². The van der Waals surface area contributed by atoms with Crippen molar-refractivity contribution in [2.75, 3.05) is 0 Å². The molecule has 2 aromatic rings. The topological polar surface area (TPSA) is 90.6 Å². The minimum absolute atomic E-state index is 0.214. The number of nitrogens with zero attached hydrogens (tertiary/aromatic N) is 2. The highest BCUT2D eigenvalue weighted by Gasteiger charge is 2.46. The molecule has 25 heavy (non-hydrogen) atoms. The normalized spacial score (nSPS) is 19.4. The molecule has 1 aliphatic rings. The van der Waals surface area contributed by atoms with Crippen LogP contribution in [0.15, 0.2) is 48.5 Å². The summed E-state index contributed by atoms with van der Waals surface area (Å²) in [5, 5.41) is 18.2. The van der Waals surface area contributed by atoms with Crippen molar-refractivity contribution < 1.29 is 23.8 Å². The highest BCUT2D eigenvalue weighted by molar-refractivity contribution is 5.89. The SMILES string of the molecule is N#Cc1ccc(CC2C(c3ccc(F)cc3)OC(=O)N2C(=O)O)cc1. The lowest BCUT2D eigenvalue weighted by atomic mass is 9.95. The van der Waals surface area contributed by atoms with Gasteiger partial charge in [-0.15, -0.1) is 0 Å². The molecular weight excluding hydrogens is 327 g/mol. The third-order valence-electron chi connectivity index (χ3n) is 4.04. The van der Waals surface area contributed by atoms with E-state index in [9.17, 15) is 19.1 Å². The number of hydrogen-bond donors (Lipinski definition) is 1. The van der Waals surface area contributed by atoms with Gasteiger partial charge in [0.15, 0.2) is 6.10 Å². The molecule has 1 saturated heterocycles. The van der Waals surface area contributed by atoms with E-state index in [1.54, 1.807) is 24.3 Å². The van der Waals surface area contributed by atoms with E-state index in [0.717, 1.165) is 5.56 Å². The Labute approximate surface area is 142 Å². The predicted octanol–water partition coefficient (Wildman–Crippen LogP) is 3.48. The molecule has 2 amide bonds. The monoisotopic (exact) mass is 340 g/mol. The second-order valence-corrected chi connectivity index (χ2v) is 5.59. The van der Waals surface area contributed by atoms with Crippen molar-refractivity contribution in [3.63, 3.8) is 0 Å². The first-order valence-corrected chi connectivity index (χ1v) is 7.47. The van der Waals surface area contributed by atoms with Gasteiger partial charge in [-0.2, -0.15) is 5.26 Å². The van der Waals surface area contributed by atoms with E-state index in [1.807, 2.05) is 6.07 Å². The number of carbonyl (C=O) groups excluding carboxylic acids is 1. The van der Waals surface area contributed by atoms with E-state index in [1.165, 1.54) is 24.3 Å². The number of amides is 2. The maximum atomic E-state index is 13.1. The van der Waals surface area contributed by atoms with Crippen LogP contribution in [0.2, 0.25) is 0 Å². The Hall–Kier alpha value is -3.40. The second-order valence-electron chi connectivity index (χ2n) is 5.59. The molecule has 3 rings (SSSR count). The maximum absolute atomic E-state index is 13.1. The molecule has 2 aromatic carbocycles. The van der Waals surface area contributed by atoms with Crippen LogP contribution >= 0.6 is 0 Å². The number of rotatable bonds is 3. The summed E-state index contributed by atoms with van der Waals surface area (Å²) in [6.45, 7) is 0. The van der Waals surface area contributed by atoms with Gasteiger partial charge in [-0.3, -0.25) is 0 Å². The summed E-state index contributed by atoms with van der Waals surface area (Å²) in [6.07, 6.45) is -2.99. The number of hydrogen-bond acceptors (Lipinski definition) is 4. The molecule has 0 spiro atoms. The Kier molecular flexibility index (Phi) is 4.35. The number of carbonyl (C=O) groups is 2.